The summed E-state index contributed by atoms with van der Waals surface area (Å²) >= 11 is 0. The first-order valence-electron chi connectivity index (χ1n) is 5.81. The molecule has 0 radical (unpaired) electrons. The van der Waals surface area contributed by atoms with E-state index in [0.717, 1.165) is 11.2 Å². The van der Waals surface area contributed by atoms with E-state index in [9.17, 15) is 4.79 Å². The fourth-order valence-electron chi connectivity index (χ4n) is 2.57. The van der Waals surface area contributed by atoms with Crippen LogP contribution < -0.4 is 5.43 Å². The average molecular weight is 214 g/mol. The number of H-pyrrole nitrogens is 1. The van der Waals surface area contributed by atoms with Crippen molar-refractivity contribution in [1.29, 1.82) is 0 Å². The van der Waals surface area contributed by atoms with Crippen LogP contribution in [-0.2, 0) is 0 Å². The van der Waals surface area contributed by atoms with Crippen molar-refractivity contribution in [1.82, 2.24) is 9.97 Å². The lowest BCUT2D eigenvalue weighted by atomic mass is 10.0. The predicted octanol–water partition coefficient (Wildman–Crippen LogP) is 2.58. The number of aromatic nitrogens is 2. The molecule has 0 atom stereocenters. The maximum atomic E-state index is 11.9. The van der Waals surface area contributed by atoms with Crippen molar-refractivity contribution in [3.63, 3.8) is 0 Å². The highest BCUT2D eigenvalue weighted by Gasteiger charge is 2.18. The van der Waals surface area contributed by atoms with Crippen molar-refractivity contribution in [2.45, 2.75) is 31.6 Å². The van der Waals surface area contributed by atoms with Gasteiger partial charge in [0, 0.05) is 24.2 Å². The molecular weight excluding hydrogens is 200 g/mol. The molecule has 16 heavy (non-hydrogen) atoms. The summed E-state index contributed by atoms with van der Waals surface area (Å²) in [4.78, 5) is 19.2. The van der Waals surface area contributed by atoms with Gasteiger partial charge in [0.15, 0.2) is 5.43 Å². The molecule has 3 nitrogen and oxygen atoms in total. The monoisotopic (exact) mass is 214 g/mol. The first kappa shape index (κ1) is 9.58. The van der Waals surface area contributed by atoms with E-state index in [2.05, 4.69) is 9.97 Å². The first-order chi connectivity index (χ1) is 7.84. The molecule has 82 valence electrons. The number of nitrogens with one attached hydrogen (secondary N) is 1. The third-order valence-electron chi connectivity index (χ3n) is 3.45. The van der Waals surface area contributed by atoms with Gasteiger partial charge in [-0.3, -0.25) is 9.78 Å². The maximum absolute atomic E-state index is 11.9. The van der Waals surface area contributed by atoms with Crippen molar-refractivity contribution in [2.75, 3.05) is 0 Å². The smallest absolute Gasteiger partial charge is 0.191 e. The van der Waals surface area contributed by atoms with Crippen molar-refractivity contribution in [2.24, 2.45) is 0 Å². The molecule has 2 aromatic rings. The Morgan fingerprint density at radius 3 is 2.94 bits per heavy atom. The Hall–Kier alpha value is -1.64. The van der Waals surface area contributed by atoms with E-state index < -0.39 is 0 Å². The summed E-state index contributed by atoms with van der Waals surface area (Å²) in [5.41, 5.74) is 2.09. The van der Waals surface area contributed by atoms with Crippen molar-refractivity contribution >= 4 is 10.9 Å². The Labute approximate surface area is 93.5 Å². The lowest BCUT2D eigenvalue weighted by molar-refractivity contribution is 0.700. The van der Waals surface area contributed by atoms with E-state index in [1.165, 1.54) is 25.7 Å². The number of rotatable bonds is 1. The summed E-state index contributed by atoms with van der Waals surface area (Å²) in [6.45, 7) is 0. The van der Waals surface area contributed by atoms with Gasteiger partial charge in [0.2, 0.25) is 0 Å². The minimum absolute atomic E-state index is 0.0868. The zero-order valence-corrected chi connectivity index (χ0v) is 9.07. The van der Waals surface area contributed by atoms with E-state index in [1.807, 2.05) is 6.07 Å². The first-order valence-corrected chi connectivity index (χ1v) is 5.81. The number of nitrogens with zero attached hydrogens (tertiary/aromatic N) is 1. The van der Waals surface area contributed by atoms with Crippen LogP contribution >= 0.6 is 0 Å². The van der Waals surface area contributed by atoms with Crippen LogP contribution in [0.5, 0.6) is 0 Å². The van der Waals surface area contributed by atoms with E-state index in [0.29, 0.717) is 11.3 Å². The van der Waals surface area contributed by atoms with Gasteiger partial charge in [-0.05, 0) is 24.8 Å². The molecule has 1 N–H and O–H groups in total. The zero-order valence-electron chi connectivity index (χ0n) is 9.07. The number of aromatic amines is 1. The Balaban J connectivity index is 2.17. The van der Waals surface area contributed by atoms with Gasteiger partial charge in [0.1, 0.15) is 0 Å². The zero-order chi connectivity index (χ0) is 11.0. The van der Waals surface area contributed by atoms with Gasteiger partial charge in [-0.25, -0.2) is 0 Å². The van der Waals surface area contributed by atoms with Gasteiger partial charge in [0.05, 0.1) is 10.9 Å². The molecule has 1 aliphatic rings. The summed E-state index contributed by atoms with van der Waals surface area (Å²) in [7, 11) is 0. The van der Waals surface area contributed by atoms with E-state index >= 15 is 0 Å². The van der Waals surface area contributed by atoms with E-state index in [4.69, 9.17) is 0 Å². The third-order valence-corrected chi connectivity index (χ3v) is 3.45. The molecule has 0 bridgehead atoms. The van der Waals surface area contributed by atoms with Gasteiger partial charge < -0.3 is 4.98 Å². The van der Waals surface area contributed by atoms with Crippen LogP contribution in [-0.4, -0.2) is 9.97 Å². The predicted molar refractivity (Wildman–Crippen MR) is 63.6 cm³/mol. The normalized spacial score (nSPS) is 17.0. The molecule has 0 saturated heterocycles. The largest absolute Gasteiger partial charge is 0.358 e. The molecule has 1 saturated carbocycles. The number of pyridine rings is 2. The highest BCUT2D eigenvalue weighted by atomic mass is 16.1. The SMILES string of the molecule is O=c1cc(C2CCCC2)[nH]c2ccncc12. The second-order valence-electron chi connectivity index (χ2n) is 4.49. The second-order valence-corrected chi connectivity index (χ2v) is 4.49. The minimum Gasteiger partial charge on any atom is -0.358 e. The highest BCUT2D eigenvalue weighted by molar-refractivity contribution is 5.77. The van der Waals surface area contributed by atoms with Crippen molar-refractivity contribution < 1.29 is 0 Å². The lowest BCUT2D eigenvalue weighted by Gasteiger charge is -2.10. The van der Waals surface area contributed by atoms with Crippen molar-refractivity contribution in [3.05, 3.63) is 40.4 Å². The van der Waals surface area contributed by atoms with Gasteiger partial charge in [-0.2, -0.15) is 0 Å². The van der Waals surface area contributed by atoms with Crippen LogP contribution in [0.25, 0.3) is 10.9 Å². The van der Waals surface area contributed by atoms with Gasteiger partial charge in [-0.1, -0.05) is 12.8 Å². The van der Waals surface area contributed by atoms with Crippen LogP contribution in [0.1, 0.15) is 37.3 Å². The van der Waals surface area contributed by atoms with E-state index in [1.54, 1.807) is 18.5 Å². The molecule has 3 heteroatoms. The van der Waals surface area contributed by atoms with Crippen molar-refractivity contribution in [3.8, 4) is 0 Å². The maximum Gasteiger partial charge on any atom is 0.191 e. The molecule has 0 spiro atoms. The van der Waals surface area contributed by atoms with Gasteiger partial charge in [-0.15, -0.1) is 0 Å². The van der Waals surface area contributed by atoms with Gasteiger partial charge in [0.25, 0.3) is 0 Å². The van der Waals surface area contributed by atoms with Crippen LogP contribution in [0.2, 0.25) is 0 Å². The molecular formula is C13H14N2O. The topological polar surface area (TPSA) is 45.8 Å². The van der Waals surface area contributed by atoms with Crippen LogP contribution in [0, 0.1) is 0 Å². The molecule has 0 amide bonds. The second kappa shape index (κ2) is 3.74. The summed E-state index contributed by atoms with van der Waals surface area (Å²) in [6, 6.07) is 3.62. The fraction of sp³-hybridized carbons (Fsp3) is 0.385. The summed E-state index contributed by atoms with van der Waals surface area (Å²) in [5, 5.41) is 0.684. The molecule has 2 heterocycles. The van der Waals surface area contributed by atoms with E-state index in [-0.39, 0.29) is 5.43 Å². The Morgan fingerprint density at radius 2 is 2.12 bits per heavy atom. The Bertz CT molecular complexity index is 567. The van der Waals surface area contributed by atoms with Gasteiger partial charge >= 0.3 is 0 Å². The average Bonchev–Trinajstić information content (AvgIpc) is 2.82. The van der Waals surface area contributed by atoms with Crippen LogP contribution in [0.4, 0.5) is 0 Å². The third kappa shape index (κ3) is 1.52. The Kier molecular flexibility index (Phi) is 2.24. The standard InChI is InChI=1S/C13H14N2O/c16-13-7-12(9-3-1-2-4-9)15-11-5-6-14-8-10(11)13/h5-9H,1-4H2,(H,15,16). The summed E-state index contributed by atoms with van der Waals surface area (Å²) < 4.78 is 0. The Morgan fingerprint density at radius 1 is 1.31 bits per heavy atom. The quantitative estimate of drug-likeness (QED) is 0.793. The highest BCUT2D eigenvalue weighted by Crippen LogP contribution is 2.32. The molecule has 3 rings (SSSR count). The molecule has 2 aromatic heterocycles. The summed E-state index contributed by atoms with van der Waals surface area (Å²) in [5.74, 6) is 0.547. The summed E-state index contributed by atoms with van der Waals surface area (Å²) in [6.07, 6.45) is 8.31. The molecule has 0 aromatic carbocycles. The number of fused-ring (bicyclic) bond motifs is 1. The lowest BCUT2D eigenvalue weighted by Crippen LogP contribution is -2.07. The van der Waals surface area contributed by atoms with Crippen LogP contribution in [0.3, 0.4) is 0 Å². The number of hydrogen-bond acceptors (Lipinski definition) is 2. The molecule has 1 fully saturated rings. The molecule has 1 aliphatic carbocycles. The molecule has 0 aliphatic heterocycles. The molecule has 0 unspecified atom stereocenters. The van der Waals surface area contributed by atoms with Crippen LogP contribution in [0.15, 0.2) is 29.3 Å². The fourth-order valence-corrected chi connectivity index (χ4v) is 2.57. The number of hydrogen-bond donors (Lipinski definition) is 1. The minimum atomic E-state index is 0.0868.